The van der Waals surface area contributed by atoms with Crippen molar-refractivity contribution in [3.8, 4) is 0 Å². The second-order valence-corrected chi connectivity index (χ2v) is 2.30. The van der Waals surface area contributed by atoms with Crippen molar-refractivity contribution < 1.29 is 24.4 Å². The van der Waals surface area contributed by atoms with Crippen LogP contribution in [-0.2, 0) is 4.74 Å². The number of hydrogen-bond donors (Lipinski definition) is 3. The predicted molar refractivity (Wildman–Crippen MR) is 33.2 cm³/mol. The van der Waals surface area contributed by atoms with Crippen molar-refractivity contribution in [3.63, 3.8) is 0 Å². The summed E-state index contributed by atoms with van der Waals surface area (Å²) < 4.78 is 16.9. The van der Waals surface area contributed by atoms with Crippen molar-refractivity contribution in [3.05, 3.63) is 12.1 Å². The Morgan fingerprint density at radius 1 is 1.55 bits per heavy atom. The van der Waals surface area contributed by atoms with Crippen molar-refractivity contribution in [1.29, 1.82) is 0 Å². The third-order valence-corrected chi connectivity index (χ3v) is 1.52. The lowest BCUT2D eigenvalue weighted by Crippen LogP contribution is -2.43. The van der Waals surface area contributed by atoms with Gasteiger partial charge in [-0.3, -0.25) is 0 Å². The molecule has 0 spiro atoms. The van der Waals surface area contributed by atoms with Crippen LogP contribution in [-0.4, -0.2) is 40.2 Å². The van der Waals surface area contributed by atoms with Crippen LogP contribution in [0, 0.1) is 0 Å². The van der Waals surface area contributed by atoms with Crippen molar-refractivity contribution in [2.24, 2.45) is 0 Å². The molecule has 0 amide bonds. The minimum absolute atomic E-state index is 0.456. The van der Waals surface area contributed by atoms with Crippen LogP contribution in [0.1, 0.15) is 0 Å². The first-order chi connectivity index (χ1) is 5.16. The Hall–Kier alpha value is -0.650. The van der Waals surface area contributed by atoms with E-state index in [0.717, 1.165) is 0 Å². The molecule has 0 aliphatic carbocycles. The van der Waals surface area contributed by atoms with E-state index in [1.54, 1.807) is 0 Å². The zero-order chi connectivity index (χ0) is 8.43. The number of aliphatic hydroxyl groups is 3. The van der Waals surface area contributed by atoms with Gasteiger partial charge >= 0.3 is 0 Å². The van der Waals surface area contributed by atoms with Gasteiger partial charge in [0.05, 0.1) is 6.61 Å². The maximum atomic E-state index is 12.4. The van der Waals surface area contributed by atoms with Crippen molar-refractivity contribution in [1.82, 2.24) is 0 Å². The lowest BCUT2D eigenvalue weighted by Gasteiger charge is -2.27. The van der Waals surface area contributed by atoms with Gasteiger partial charge in [0.15, 0.2) is 5.83 Å². The maximum Gasteiger partial charge on any atom is 0.165 e. The summed E-state index contributed by atoms with van der Waals surface area (Å²) in [6.45, 7) is -0.456. The Balaban J connectivity index is 2.68. The van der Waals surface area contributed by atoms with Gasteiger partial charge in [-0.25, -0.2) is 4.39 Å². The van der Waals surface area contributed by atoms with E-state index in [1.165, 1.54) is 0 Å². The fourth-order valence-electron chi connectivity index (χ4n) is 0.820. The summed E-state index contributed by atoms with van der Waals surface area (Å²) in [7, 11) is 0. The van der Waals surface area contributed by atoms with E-state index in [0.29, 0.717) is 6.26 Å². The first-order valence-corrected chi connectivity index (χ1v) is 3.15. The van der Waals surface area contributed by atoms with Gasteiger partial charge < -0.3 is 20.1 Å². The highest BCUT2D eigenvalue weighted by Crippen LogP contribution is 2.19. The standard InChI is InChI=1S/C6H9FO4/c7-3-2-11-4(1-8)6(10)5(3)9/h2,4-6,8-10H,1H2/t4-,5-,6-/m1/s1. The fraction of sp³-hybridized carbons (Fsp3) is 0.667. The van der Waals surface area contributed by atoms with Crippen LogP contribution in [0.3, 0.4) is 0 Å². The summed E-state index contributed by atoms with van der Waals surface area (Å²) >= 11 is 0. The largest absolute Gasteiger partial charge is 0.490 e. The number of rotatable bonds is 1. The molecule has 1 rings (SSSR count). The highest BCUT2D eigenvalue weighted by Gasteiger charge is 2.33. The molecule has 1 aliphatic rings. The molecule has 0 saturated carbocycles. The zero-order valence-electron chi connectivity index (χ0n) is 5.64. The van der Waals surface area contributed by atoms with E-state index in [1.807, 2.05) is 0 Å². The van der Waals surface area contributed by atoms with Crippen LogP contribution in [0.25, 0.3) is 0 Å². The molecule has 4 nitrogen and oxygen atoms in total. The SMILES string of the molecule is OC[C@H]1OC=C(F)[C@@H](O)[C@@H]1O. The second-order valence-electron chi connectivity index (χ2n) is 2.30. The summed E-state index contributed by atoms with van der Waals surface area (Å²) in [6, 6.07) is 0. The molecule has 0 fully saturated rings. The minimum atomic E-state index is -1.58. The molecule has 11 heavy (non-hydrogen) atoms. The number of halogens is 1. The molecule has 0 aromatic carbocycles. The summed E-state index contributed by atoms with van der Waals surface area (Å²) in [6.07, 6.45) is -3.23. The van der Waals surface area contributed by atoms with Crippen molar-refractivity contribution >= 4 is 0 Å². The Morgan fingerprint density at radius 3 is 2.73 bits per heavy atom. The number of aliphatic hydroxyl groups excluding tert-OH is 3. The van der Waals surface area contributed by atoms with Gasteiger partial charge in [0.25, 0.3) is 0 Å². The van der Waals surface area contributed by atoms with Crippen molar-refractivity contribution in [2.45, 2.75) is 18.3 Å². The van der Waals surface area contributed by atoms with E-state index in [2.05, 4.69) is 4.74 Å². The van der Waals surface area contributed by atoms with Gasteiger partial charge in [0, 0.05) is 0 Å². The topological polar surface area (TPSA) is 69.9 Å². The Kier molecular flexibility index (Phi) is 2.43. The van der Waals surface area contributed by atoms with Crippen LogP contribution in [0.5, 0.6) is 0 Å². The van der Waals surface area contributed by atoms with E-state index in [-0.39, 0.29) is 0 Å². The summed E-state index contributed by atoms with van der Waals surface area (Å²) in [5.74, 6) is -0.929. The quantitative estimate of drug-likeness (QED) is 0.460. The molecule has 3 atom stereocenters. The fourth-order valence-corrected chi connectivity index (χ4v) is 0.820. The Labute approximate surface area is 62.5 Å². The smallest absolute Gasteiger partial charge is 0.165 e. The zero-order valence-corrected chi connectivity index (χ0v) is 5.64. The Morgan fingerprint density at radius 2 is 2.18 bits per heavy atom. The van der Waals surface area contributed by atoms with Gasteiger partial charge in [-0.15, -0.1) is 0 Å². The normalized spacial score (nSPS) is 37.8. The third kappa shape index (κ3) is 1.50. The molecule has 0 aromatic rings. The number of ether oxygens (including phenoxy) is 1. The summed E-state index contributed by atoms with van der Waals surface area (Å²) in [4.78, 5) is 0. The van der Waals surface area contributed by atoms with E-state index < -0.39 is 30.7 Å². The van der Waals surface area contributed by atoms with Crippen molar-refractivity contribution in [2.75, 3.05) is 6.61 Å². The van der Waals surface area contributed by atoms with E-state index >= 15 is 0 Å². The molecule has 1 aliphatic heterocycles. The molecule has 64 valence electrons. The van der Waals surface area contributed by atoms with Gasteiger partial charge in [0.2, 0.25) is 0 Å². The van der Waals surface area contributed by atoms with Gasteiger partial charge in [-0.05, 0) is 0 Å². The predicted octanol–water partition coefficient (Wildman–Crippen LogP) is -1.09. The maximum absolute atomic E-state index is 12.4. The molecular weight excluding hydrogens is 155 g/mol. The average molecular weight is 164 g/mol. The second kappa shape index (κ2) is 3.17. The van der Waals surface area contributed by atoms with E-state index in [4.69, 9.17) is 15.3 Å². The van der Waals surface area contributed by atoms with Gasteiger partial charge in [0.1, 0.15) is 24.6 Å². The highest BCUT2D eigenvalue weighted by atomic mass is 19.1. The molecule has 3 N–H and O–H groups in total. The number of hydrogen-bond acceptors (Lipinski definition) is 4. The minimum Gasteiger partial charge on any atom is -0.490 e. The molecule has 0 bridgehead atoms. The molecule has 0 radical (unpaired) electrons. The molecule has 1 heterocycles. The van der Waals surface area contributed by atoms with Gasteiger partial charge in [-0.1, -0.05) is 0 Å². The first-order valence-electron chi connectivity index (χ1n) is 3.15. The molecule has 0 saturated heterocycles. The molecular formula is C6H9FO4. The molecule has 0 unspecified atom stereocenters. The monoisotopic (exact) mass is 164 g/mol. The van der Waals surface area contributed by atoms with Crippen LogP contribution >= 0.6 is 0 Å². The van der Waals surface area contributed by atoms with Gasteiger partial charge in [-0.2, -0.15) is 0 Å². The Bertz CT molecular complexity index is 170. The summed E-state index contributed by atoms with van der Waals surface area (Å²) in [5.41, 5.74) is 0. The van der Waals surface area contributed by atoms with Crippen LogP contribution < -0.4 is 0 Å². The molecule has 5 heteroatoms. The van der Waals surface area contributed by atoms with Crippen LogP contribution in [0.2, 0.25) is 0 Å². The average Bonchev–Trinajstić information content (AvgIpc) is 2.01. The molecule has 0 aromatic heterocycles. The third-order valence-electron chi connectivity index (χ3n) is 1.52. The lowest BCUT2D eigenvalue weighted by molar-refractivity contribution is -0.0945. The highest BCUT2D eigenvalue weighted by molar-refractivity contribution is 5.03. The van der Waals surface area contributed by atoms with E-state index in [9.17, 15) is 4.39 Å². The first kappa shape index (κ1) is 8.45. The van der Waals surface area contributed by atoms with Crippen LogP contribution in [0.4, 0.5) is 4.39 Å². The summed E-state index contributed by atoms with van der Waals surface area (Å²) in [5, 5.41) is 26.4. The van der Waals surface area contributed by atoms with Crippen LogP contribution in [0.15, 0.2) is 12.1 Å². The lowest BCUT2D eigenvalue weighted by atomic mass is 10.1.